The van der Waals surface area contributed by atoms with Gasteiger partial charge in [-0.3, -0.25) is 0 Å². The van der Waals surface area contributed by atoms with Crippen molar-refractivity contribution in [3.05, 3.63) is 74.5 Å². The first-order valence-electron chi connectivity index (χ1n) is 8.47. The first-order valence-corrected chi connectivity index (χ1v) is 10.0. The molecule has 3 heterocycles. The summed E-state index contributed by atoms with van der Waals surface area (Å²) in [5, 5.41) is 5.12. The van der Waals surface area contributed by atoms with Crippen LogP contribution in [-0.4, -0.2) is 15.0 Å². The largest absolute Gasteiger partial charge is 0.416 e. The highest BCUT2D eigenvalue weighted by Crippen LogP contribution is 2.34. The van der Waals surface area contributed by atoms with Crippen LogP contribution in [0, 0.1) is 0 Å². The number of benzene rings is 1. The molecule has 0 saturated carbocycles. The van der Waals surface area contributed by atoms with E-state index in [1.807, 2.05) is 12.3 Å². The van der Waals surface area contributed by atoms with E-state index in [0.717, 1.165) is 21.9 Å². The Morgan fingerprint density at radius 2 is 1.93 bits per heavy atom. The lowest BCUT2D eigenvalue weighted by atomic mass is 10.1. The summed E-state index contributed by atoms with van der Waals surface area (Å²) >= 11 is 13.6. The minimum Gasteiger partial charge on any atom is -0.357 e. The van der Waals surface area contributed by atoms with Crippen molar-refractivity contribution >= 4 is 50.7 Å². The fourth-order valence-corrected chi connectivity index (χ4v) is 4.34. The van der Waals surface area contributed by atoms with Gasteiger partial charge < -0.3 is 10.3 Å². The molecule has 0 radical (unpaired) electrons. The minimum atomic E-state index is -4.41. The molecular weight excluding hydrogens is 444 g/mol. The van der Waals surface area contributed by atoms with Crippen LogP contribution in [0.2, 0.25) is 10.2 Å². The summed E-state index contributed by atoms with van der Waals surface area (Å²) in [6, 6.07) is 7.26. The number of fused-ring (bicyclic) bond motifs is 1. The van der Waals surface area contributed by atoms with Gasteiger partial charge in [0.05, 0.1) is 15.5 Å². The minimum absolute atomic E-state index is 0.00835. The highest BCUT2D eigenvalue weighted by Gasteiger charge is 2.32. The van der Waals surface area contributed by atoms with Crippen LogP contribution in [0.25, 0.3) is 11.0 Å². The molecule has 0 aliphatic rings. The van der Waals surface area contributed by atoms with Crippen LogP contribution in [0.1, 0.15) is 21.6 Å². The second-order valence-corrected chi connectivity index (χ2v) is 8.16. The van der Waals surface area contributed by atoms with Gasteiger partial charge in [-0.1, -0.05) is 41.4 Å². The van der Waals surface area contributed by atoms with Gasteiger partial charge in [0.25, 0.3) is 0 Å². The monoisotopic (exact) mass is 456 g/mol. The normalized spacial score (nSPS) is 11.9. The summed E-state index contributed by atoms with van der Waals surface area (Å²) in [5.41, 5.74) is 1.14. The average Bonchev–Trinajstić information content (AvgIpc) is 3.23. The zero-order valence-electron chi connectivity index (χ0n) is 14.6. The third kappa shape index (κ3) is 4.34. The molecule has 150 valence electrons. The first kappa shape index (κ1) is 20.0. The Morgan fingerprint density at radius 1 is 1.14 bits per heavy atom. The van der Waals surface area contributed by atoms with Crippen molar-refractivity contribution in [2.75, 3.05) is 5.32 Å². The number of halogens is 5. The van der Waals surface area contributed by atoms with E-state index in [9.17, 15) is 13.2 Å². The molecule has 0 bridgehead atoms. The molecule has 0 fully saturated rings. The van der Waals surface area contributed by atoms with Gasteiger partial charge >= 0.3 is 6.18 Å². The van der Waals surface area contributed by atoms with Crippen LogP contribution in [0.4, 0.5) is 18.3 Å². The Morgan fingerprint density at radius 3 is 2.72 bits per heavy atom. The number of anilines is 1. The maximum Gasteiger partial charge on any atom is 0.416 e. The number of rotatable bonds is 5. The highest BCUT2D eigenvalue weighted by atomic mass is 35.5. The van der Waals surface area contributed by atoms with Gasteiger partial charge in [0.2, 0.25) is 0 Å². The Balaban J connectivity index is 1.52. The molecular formula is C19H13Cl2F3N4S. The Hall–Kier alpha value is -2.29. The number of aromatic nitrogens is 3. The SMILES string of the molecule is FC(F)(F)c1ccccc1CNc1nc(Cl)c(Cc2c[nH]c3ncc(Cl)cc23)s1. The van der Waals surface area contributed by atoms with Crippen LogP contribution in [-0.2, 0) is 19.1 Å². The van der Waals surface area contributed by atoms with Gasteiger partial charge in [-0.05, 0) is 23.3 Å². The summed E-state index contributed by atoms with van der Waals surface area (Å²) < 4.78 is 39.4. The van der Waals surface area contributed by atoms with Crippen LogP contribution in [0.15, 0.2) is 42.7 Å². The van der Waals surface area contributed by atoms with E-state index in [0.29, 0.717) is 27.4 Å². The van der Waals surface area contributed by atoms with Crippen LogP contribution < -0.4 is 5.32 Å². The lowest BCUT2D eigenvalue weighted by Crippen LogP contribution is -2.11. The van der Waals surface area contributed by atoms with Crippen LogP contribution in [0.5, 0.6) is 0 Å². The van der Waals surface area contributed by atoms with Crippen molar-refractivity contribution in [2.45, 2.75) is 19.1 Å². The summed E-state index contributed by atoms with van der Waals surface area (Å²) in [5.74, 6) is 0. The summed E-state index contributed by atoms with van der Waals surface area (Å²) in [7, 11) is 0. The molecule has 0 spiro atoms. The second-order valence-electron chi connectivity index (χ2n) is 6.28. The molecule has 4 rings (SSSR count). The number of nitrogens with zero attached hydrogens (tertiary/aromatic N) is 2. The molecule has 2 N–H and O–H groups in total. The summed E-state index contributed by atoms with van der Waals surface area (Å²) in [6.45, 7) is -0.00835. The lowest BCUT2D eigenvalue weighted by molar-refractivity contribution is -0.138. The average molecular weight is 457 g/mol. The Bertz CT molecular complexity index is 1170. The van der Waals surface area contributed by atoms with Crippen molar-refractivity contribution in [2.24, 2.45) is 0 Å². The molecule has 0 amide bonds. The molecule has 0 aliphatic heterocycles. The van der Waals surface area contributed by atoms with Gasteiger partial charge in [-0.25, -0.2) is 9.97 Å². The van der Waals surface area contributed by atoms with E-state index in [1.165, 1.54) is 23.5 Å². The predicted octanol–water partition coefficient (Wildman–Crippen LogP) is 6.55. The molecule has 0 saturated heterocycles. The van der Waals surface area contributed by atoms with E-state index >= 15 is 0 Å². The van der Waals surface area contributed by atoms with E-state index < -0.39 is 11.7 Å². The van der Waals surface area contributed by atoms with Crippen molar-refractivity contribution in [1.82, 2.24) is 15.0 Å². The third-order valence-electron chi connectivity index (χ3n) is 4.34. The smallest absolute Gasteiger partial charge is 0.357 e. The molecule has 29 heavy (non-hydrogen) atoms. The Labute approximate surface area is 177 Å². The van der Waals surface area contributed by atoms with Crippen LogP contribution in [0.3, 0.4) is 0 Å². The predicted molar refractivity (Wildman–Crippen MR) is 110 cm³/mol. The number of H-pyrrole nitrogens is 1. The van der Waals surface area contributed by atoms with Gasteiger partial charge in [-0.2, -0.15) is 13.2 Å². The molecule has 10 heteroatoms. The van der Waals surface area contributed by atoms with E-state index in [2.05, 4.69) is 20.3 Å². The topological polar surface area (TPSA) is 53.6 Å². The molecule has 1 aromatic carbocycles. The first-order chi connectivity index (χ1) is 13.8. The second kappa shape index (κ2) is 7.85. The quantitative estimate of drug-likeness (QED) is 0.358. The number of hydrogen-bond donors (Lipinski definition) is 2. The van der Waals surface area contributed by atoms with E-state index in [4.69, 9.17) is 23.2 Å². The highest BCUT2D eigenvalue weighted by molar-refractivity contribution is 7.16. The Kier molecular flexibility index (Phi) is 5.42. The summed E-state index contributed by atoms with van der Waals surface area (Å²) in [6.07, 6.45) is -0.519. The molecule has 4 aromatic rings. The number of pyridine rings is 1. The van der Waals surface area contributed by atoms with Crippen molar-refractivity contribution < 1.29 is 13.2 Å². The number of hydrogen-bond acceptors (Lipinski definition) is 4. The molecule has 0 unspecified atom stereocenters. The zero-order valence-corrected chi connectivity index (χ0v) is 17.0. The fraction of sp³-hybridized carbons (Fsp3) is 0.158. The van der Waals surface area contributed by atoms with Crippen LogP contribution >= 0.6 is 34.5 Å². The van der Waals surface area contributed by atoms with Gasteiger partial charge in [0, 0.05) is 30.7 Å². The fourth-order valence-electron chi connectivity index (χ4n) is 2.99. The van der Waals surface area contributed by atoms with Gasteiger partial charge in [0.1, 0.15) is 10.8 Å². The van der Waals surface area contributed by atoms with Crippen molar-refractivity contribution in [3.63, 3.8) is 0 Å². The summed E-state index contributed by atoms with van der Waals surface area (Å²) in [4.78, 5) is 12.3. The maximum absolute atomic E-state index is 13.1. The third-order valence-corrected chi connectivity index (χ3v) is 5.98. The molecule has 4 nitrogen and oxygen atoms in total. The number of nitrogens with one attached hydrogen (secondary N) is 2. The molecule has 0 atom stereocenters. The van der Waals surface area contributed by atoms with E-state index in [-0.39, 0.29) is 12.1 Å². The van der Waals surface area contributed by atoms with Crippen molar-refractivity contribution in [1.29, 1.82) is 0 Å². The van der Waals surface area contributed by atoms with Gasteiger partial charge in [0.15, 0.2) is 5.13 Å². The number of aromatic amines is 1. The van der Waals surface area contributed by atoms with Gasteiger partial charge in [-0.15, -0.1) is 11.3 Å². The standard InChI is InChI=1S/C19H13Cl2F3N4S/c20-12-6-13-11(8-25-17(13)26-9-12)5-15-16(21)28-18(29-15)27-7-10-3-1-2-4-14(10)19(22,23)24/h1-4,6,8-9H,5,7H2,(H,25,26)(H,27,28). The number of alkyl halides is 3. The van der Waals surface area contributed by atoms with Crippen molar-refractivity contribution in [3.8, 4) is 0 Å². The maximum atomic E-state index is 13.1. The van der Waals surface area contributed by atoms with E-state index in [1.54, 1.807) is 12.3 Å². The molecule has 3 aromatic heterocycles. The molecule has 0 aliphatic carbocycles. The number of thiazole rings is 1. The zero-order chi connectivity index (χ0) is 20.6. The lowest BCUT2D eigenvalue weighted by Gasteiger charge is -2.12.